The van der Waals surface area contributed by atoms with Crippen molar-refractivity contribution in [2.24, 2.45) is 5.14 Å². The van der Waals surface area contributed by atoms with Crippen LogP contribution in [0.2, 0.25) is 0 Å². The molecule has 1 unspecified atom stereocenters. The van der Waals surface area contributed by atoms with Crippen LogP contribution in [0.5, 0.6) is 0 Å². The van der Waals surface area contributed by atoms with Crippen molar-refractivity contribution in [2.75, 3.05) is 17.2 Å². The summed E-state index contributed by atoms with van der Waals surface area (Å²) in [5.41, 5.74) is 1.66. The van der Waals surface area contributed by atoms with Crippen LogP contribution < -0.4 is 15.8 Å². The van der Waals surface area contributed by atoms with Crippen molar-refractivity contribution in [2.45, 2.75) is 5.37 Å². The quantitative estimate of drug-likeness (QED) is 0.619. The number of benzene rings is 1. The van der Waals surface area contributed by atoms with Crippen molar-refractivity contribution in [3.8, 4) is 0 Å². The molecule has 1 aromatic carbocycles. The standard InChI is InChI=1S/C8H11N3O2S/c9-14(12,13)8-5-10-6-3-1-2-4-7(6)11-8/h1-4,8,10-11H,5H2,(H2,9,12,13). The Labute approximate surface area is 82.4 Å². The highest BCUT2D eigenvalue weighted by Gasteiger charge is 2.25. The molecule has 14 heavy (non-hydrogen) atoms. The summed E-state index contributed by atoms with van der Waals surface area (Å²) in [6.07, 6.45) is 0. The molecule has 0 fully saturated rings. The molecule has 0 aliphatic carbocycles. The molecule has 2 rings (SSSR count). The minimum Gasteiger partial charge on any atom is -0.380 e. The SMILES string of the molecule is NS(=O)(=O)C1CNc2ccccc2N1. The first kappa shape index (κ1) is 9.29. The van der Waals surface area contributed by atoms with Crippen LogP contribution >= 0.6 is 0 Å². The molecule has 4 N–H and O–H groups in total. The van der Waals surface area contributed by atoms with Gasteiger partial charge in [0, 0.05) is 0 Å². The van der Waals surface area contributed by atoms with Crippen LogP contribution in [0, 0.1) is 0 Å². The molecule has 0 radical (unpaired) electrons. The third kappa shape index (κ3) is 1.66. The van der Waals surface area contributed by atoms with Gasteiger partial charge in [0.25, 0.3) is 0 Å². The Hall–Kier alpha value is -1.27. The molecule has 1 aliphatic rings. The zero-order chi connectivity index (χ0) is 10.2. The normalized spacial score (nSPS) is 20.5. The summed E-state index contributed by atoms with van der Waals surface area (Å²) in [5, 5.41) is 10.1. The predicted octanol–water partition coefficient (Wildman–Crippen LogP) is 0.139. The molecule has 0 saturated heterocycles. The number of sulfonamides is 1. The maximum absolute atomic E-state index is 11.1. The third-order valence-corrected chi connectivity index (χ3v) is 3.20. The van der Waals surface area contributed by atoms with Crippen LogP contribution in [0.15, 0.2) is 24.3 Å². The lowest BCUT2D eigenvalue weighted by Crippen LogP contribution is -2.43. The Morgan fingerprint density at radius 2 is 1.93 bits per heavy atom. The number of fused-ring (bicyclic) bond motifs is 1. The lowest BCUT2D eigenvalue weighted by atomic mass is 10.2. The summed E-state index contributed by atoms with van der Waals surface area (Å²) >= 11 is 0. The summed E-state index contributed by atoms with van der Waals surface area (Å²) < 4.78 is 22.1. The van der Waals surface area contributed by atoms with E-state index in [4.69, 9.17) is 5.14 Å². The van der Waals surface area contributed by atoms with Gasteiger partial charge in [0.15, 0.2) is 5.37 Å². The number of nitrogens with one attached hydrogen (secondary N) is 2. The van der Waals surface area contributed by atoms with E-state index in [-0.39, 0.29) is 6.54 Å². The van der Waals surface area contributed by atoms with Gasteiger partial charge in [-0.15, -0.1) is 0 Å². The van der Waals surface area contributed by atoms with Crippen molar-refractivity contribution in [3.63, 3.8) is 0 Å². The zero-order valence-corrected chi connectivity index (χ0v) is 8.21. The van der Waals surface area contributed by atoms with E-state index in [1.807, 2.05) is 18.2 Å². The monoisotopic (exact) mass is 213 g/mol. The summed E-state index contributed by atoms with van der Waals surface area (Å²) in [6, 6.07) is 7.39. The van der Waals surface area contributed by atoms with Gasteiger partial charge in [0.2, 0.25) is 10.0 Å². The van der Waals surface area contributed by atoms with Crippen LogP contribution in [0.1, 0.15) is 0 Å². The Kier molecular flexibility index (Phi) is 2.09. The van der Waals surface area contributed by atoms with E-state index in [0.29, 0.717) is 0 Å². The molecule has 0 bridgehead atoms. The Morgan fingerprint density at radius 3 is 2.57 bits per heavy atom. The summed E-state index contributed by atoms with van der Waals surface area (Å²) in [4.78, 5) is 0. The maximum atomic E-state index is 11.1. The molecule has 0 spiro atoms. The fourth-order valence-corrected chi connectivity index (χ4v) is 2.00. The van der Waals surface area contributed by atoms with Crippen molar-refractivity contribution in [3.05, 3.63) is 24.3 Å². The number of hydrogen-bond donors (Lipinski definition) is 3. The minimum atomic E-state index is -3.54. The van der Waals surface area contributed by atoms with Gasteiger partial charge in [-0.3, -0.25) is 0 Å². The molecular weight excluding hydrogens is 202 g/mol. The average Bonchev–Trinajstić information content (AvgIpc) is 2.16. The van der Waals surface area contributed by atoms with Crippen molar-refractivity contribution in [1.29, 1.82) is 0 Å². The highest BCUT2D eigenvalue weighted by Crippen LogP contribution is 2.25. The molecule has 76 valence electrons. The number of nitrogens with two attached hydrogens (primary N) is 1. The van der Waals surface area contributed by atoms with Gasteiger partial charge < -0.3 is 10.6 Å². The number of rotatable bonds is 1. The van der Waals surface area contributed by atoms with Crippen LogP contribution in [-0.4, -0.2) is 20.3 Å². The van der Waals surface area contributed by atoms with Gasteiger partial charge in [-0.2, -0.15) is 0 Å². The van der Waals surface area contributed by atoms with Crippen LogP contribution in [0.4, 0.5) is 11.4 Å². The highest BCUT2D eigenvalue weighted by atomic mass is 32.2. The van der Waals surface area contributed by atoms with E-state index >= 15 is 0 Å². The van der Waals surface area contributed by atoms with E-state index in [2.05, 4.69) is 10.6 Å². The maximum Gasteiger partial charge on any atom is 0.231 e. The smallest absolute Gasteiger partial charge is 0.231 e. The number of anilines is 2. The van der Waals surface area contributed by atoms with E-state index in [0.717, 1.165) is 11.4 Å². The van der Waals surface area contributed by atoms with Gasteiger partial charge in [0.1, 0.15) is 0 Å². The van der Waals surface area contributed by atoms with Gasteiger partial charge in [0.05, 0.1) is 17.9 Å². The highest BCUT2D eigenvalue weighted by molar-refractivity contribution is 7.89. The molecule has 1 aromatic rings. The second-order valence-electron chi connectivity index (χ2n) is 3.15. The molecule has 5 nitrogen and oxygen atoms in total. The summed E-state index contributed by atoms with van der Waals surface area (Å²) in [6.45, 7) is 0.288. The van der Waals surface area contributed by atoms with E-state index in [9.17, 15) is 8.42 Å². The van der Waals surface area contributed by atoms with Crippen LogP contribution in [0.3, 0.4) is 0 Å². The fourth-order valence-electron chi connectivity index (χ4n) is 1.39. The topological polar surface area (TPSA) is 84.2 Å². The first-order chi connectivity index (χ1) is 6.57. The van der Waals surface area contributed by atoms with Gasteiger partial charge in [-0.05, 0) is 12.1 Å². The molecular formula is C8H11N3O2S. The summed E-state index contributed by atoms with van der Waals surface area (Å²) in [7, 11) is -3.54. The van der Waals surface area contributed by atoms with E-state index in [1.165, 1.54) is 0 Å². The molecule has 6 heteroatoms. The lowest BCUT2D eigenvalue weighted by Gasteiger charge is -2.26. The van der Waals surface area contributed by atoms with Gasteiger partial charge >= 0.3 is 0 Å². The molecule has 1 atom stereocenters. The number of hydrogen-bond acceptors (Lipinski definition) is 4. The Morgan fingerprint density at radius 1 is 1.29 bits per heavy atom. The second-order valence-corrected chi connectivity index (χ2v) is 4.90. The van der Waals surface area contributed by atoms with Crippen LogP contribution in [0.25, 0.3) is 0 Å². The van der Waals surface area contributed by atoms with E-state index < -0.39 is 15.4 Å². The molecule has 0 aromatic heterocycles. The van der Waals surface area contributed by atoms with Crippen LogP contribution in [-0.2, 0) is 10.0 Å². The van der Waals surface area contributed by atoms with Gasteiger partial charge in [-0.1, -0.05) is 12.1 Å². The largest absolute Gasteiger partial charge is 0.380 e. The average molecular weight is 213 g/mol. The molecule has 0 amide bonds. The Balaban J connectivity index is 2.30. The number of para-hydroxylation sites is 2. The molecule has 1 aliphatic heterocycles. The third-order valence-electron chi connectivity index (χ3n) is 2.12. The first-order valence-corrected chi connectivity index (χ1v) is 5.79. The lowest BCUT2D eigenvalue weighted by molar-refractivity contribution is 0.587. The second kappa shape index (κ2) is 3.14. The van der Waals surface area contributed by atoms with E-state index in [1.54, 1.807) is 6.07 Å². The zero-order valence-electron chi connectivity index (χ0n) is 7.40. The summed E-state index contributed by atoms with van der Waals surface area (Å²) in [5.74, 6) is 0. The number of primary sulfonamides is 1. The predicted molar refractivity (Wildman–Crippen MR) is 55.4 cm³/mol. The molecule has 0 saturated carbocycles. The fraction of sp³-hybridized carbons (Fsp3) is 0.250. The first-order valence-electron chi connectivity index (χ1n) is 4.18. The van der Waals surface area contributed by atoms with Crippen molar-refractivity contribution < 1.29 is 8.42 Å². The van der Waals surface area contributed by atoms with Gasteiger partial charge in [-0.25, -0.2) is 13.6 Å². The van der Waals surface area contributed by atoms with Crippen molar-refractivity contribution >= 4 is 21.4 Å². The van der Waals surface area contributed by atoms with Crippen molar-refractivity contribution in [1.82, 2.24) is 0 Å². The Bertz CT molecular complexity index is 444. The molecule has 1 heterocycles. The minimum absolute atomic E-state index is 0.288.